The van der Waals surface area contributed by atoms with Crippen molar-refractivity contribution in [1.29, 1.82) is 0 Å². The Hall–Kier alpha value is -2.29. The summed E-state index contributed by atoms with van der Waals surface area (Å²) in [5.74, 6) is 2.16. The highest BCUT2D eigenvalue weighted by atomic mass is 16.5. The quantitative estimate of drug-likeness (QED) is 0.821. The molecule has 1 atom stereocenters. The van der Waals surface area contributed by atoms with Gasteiger partial charge in [-0.25, -0.2) is 0 Å². The van der Waals surface area contributed by atoms with Crippen molar-refractivity contribution in [3.63, 3.8) is 0 Å². The highest BCUT2D eigenvalue weighted by molar-refractivity contribution is 5.78. The molecule has 0 heterocycles. The molecule has 0 fully saturated rings. The van der Waals surface area contributed by atoms with Crippen LogP contribution in [0.25, 0.3) is 0 Å². The van der Waals surface area contributed by atoms with Crippen LogP contribution in [0.4, 0.5) is 0 Å². The molecule has 1 unspecified atom stereocenters. The summed E-state index contributed by atoms with van der Waals surface area (Å²) in [4.78, 5) is 11.9. The summed E-state index contributed by atoms with van der Waals surface area (Å²) in [5, 5.41) is 3.00. The minimum atomic E-state index is 0.0442. The number of carbonyl (C=O) groups excluding carboxylic acids is 1. The number of amides is 1. The third-order valence-corrected chi connectivity index (χ3v) is 4.00. The molecule has 23 heavy (non-hydrogen) atoms. The van der Waals surface area contributed by atoms with Crippen LogP contribution in [-0.2, 0) is 11.2 Å². The van der Waals surface area contributed by atoms with E-state index in [-0.39, 0.29) is 11.8 Å². The summed E-state index contributed by atoms with van der Waals surface area (Å²) in [7, 11) is 0. The van der Waals surface area contributed by atoms with E-state index in [0.29, 0.717) is 12.5 Å². The third kappa shape index (κ3) is 5.44. The molecule has 122 valence electrons. The van der Waals surface area contributed by atoms with Gasteiger partial charge in [0.1, 0.15) is 11.5 Å². The van der Waals surface area contributed by atoms with Crippen LogP contribution in [0.3, 0.4) is 0 Å². The maximum absolute atomic E-state index is 11.9. The number of nitrogens with one attached hydrogen (secondary N) is 1. The molecule has 3 heteroatoms. The predicted octanol–water partition coefficient (Wildman–Crippen LogP) is 4.43. The lowest BCUT2D eigenvalue weighted by Crippen LogP contribution is -2.33. The first-order chi connectivity index (χ1) is 11.1. The molecule has 1 amide bonds. The van der Waals surface area contributed by atoms with Gasteiger partial charge in [0.15, 0.2) is 0 Å². The summed E-state index contributed by atoms with van der Waals surface area (Å²) < 4.78 is 5.83. The van der Waals surface area contributed by atoms with Gasteiger partial charge in [0.05, 0.1) is 0 Å². The minimum absolute atomic E-state index is 0.0442. The minimum Gasteiger partial charge on any atom is -0.457 e. The number of para-hydroxylation sites is 1. The van der Waals surface area contributed by atoms with Crippen LogP contribution in [0.1, 0.15) is 26.3 Å². The van der Waals surface area contributed by atoms with Gasteiger partial charge in [-0.1, -0.05) is 51.1 Å². The van der Waals surface area contributed by atoms with Crippen molar-refractivity contribution in [1.82, 2.24) is 5.32 Å². The topological polar surface area (TPSA) is 38.3 Å². The molecular formula is C20H25NO2. The summed E-state index contributed by atoms with van der Waals surface area (Å²) >= 11 is 0. The zero-order valence-electron chi connectivity index (χ0n) is 14.1. The lowest BCUT2D eigenvalue weighted by Gasteiger charge is -2.15. The molecular weight excluding hydrogens is 286 g/mol. The van der Waals surface area contributed by atoms with E-state index in [9.17, 15) is 4.79 Å². The molecule has 0 aliphatic rings. The molecule has 0 aliphatic heterocycles. The van der Waals surface area contributed by atoms with Gasteiger partial charge in [-0.3, -0.25) is 4.79 Å². The second-order valence-electron chi connectivity index (χ2n) is 6.14. The zero-order valence-corrected chi connectivity index (χ0v) is 14.1. The van der Waals surface area contributed by atoms with Gasteiger partial charge in [-0.2, -0.15) is 0 Å². The maximum Gasteiger partial charge on any atom is 0.223 e. The molecule has 0 aromatic heterocycles. The second-order valence-corrected chi connectivity index (χ2v) is 6.14. The molecule has 0 radical (unpaired) electrons. The monoisotopic (exact) mass is 311 g/mol. The van der Waals surface area contributed by atoms with Gasteiger partial charge < -0.3 is 10.1 Å². The van der Waals surface area contributed by atoms with Crippen molar-refractivity contribution >= 4 is 5.91 Å². The molecule has 1 N–H and O–H groups in total. The van der Waals surface area contributed by atoms with Crippen molar-refractivity contribution in [2.75, 3.05) is 6.54 Å². The average molecular weight is 311 g/mol. The molecule has 2 aromatic carbocycles. The van der Waals surface area contributed by atoms with Crippen LogP contribution in [0.15, 0.2) is 54.6 Å². The van der Waals surface area contributed by atoms with Gasteiger partial charge >= 0.3 is 0 Å². The third-order valence-electron chi connectivity index (χ3n) is 4.00. The first-order valence-electron chi connectivity index (χ1n) is 8.16. The van der Waals surface area contributed by atoms with E-state index in [4.69, 9.17) is 4.74 Å². The molecule has 3 nitrogen and oxygen atoms in total. The largest absolute Gasteiger partial charge is 0.457 e. The van der Waals surface area contributed by atoms with Crippen LogP contribution in [0.5, 0.6) is 11.5 Å². The molecule has 0 saturated carbocycles. The van der Waals surface area contributed by atoms with Crippen LogP contribution < -0.4 is 10.1 Å². The fourth-order valence-electron chi connectivity index (χ4n) is 2.18. The van der Waals surface area contributed by atoms with Gasteiger partial charge in [0.2, 0.25) is 5.91 Å². The summed E-state index contributed by atoms with van der Waals surface area (Å²) in [6.07, 6.45) is 0.794. The van der Waals surface area contributed by atoms with Gasteiger partial charge in [-0.15, -0.1) is 0 Å². The van der Waals surface area contributed by atoms with Crippen LogP contribution >= 0.6 is 0 Å². The molecule has 2 aromatic rings. The Balaban J connectivity index is 1.87. The molecule has 0 spiro atoms. The van der Waals surface area contributed by atoms with Crippen LogP contribution in [-0.4, -0.2) is 12.5 Å². The lowest BCUT2D eigenvalue weighted by molar-refractivity contribution is -0.125. The summed E-state index contributed by atoms with van der Waals surface area (Å²) in [6.45, 7) is 6.74. The van der Waals surface area contributed by atoms with E-state index in [1.54, 1.807) is 0 Å². The van der Waals surface area contributed by atoms with Crippen LogP contribution in [0, 0.1) is 11.8 Å². The van der Waals surface area contributed by atoms with Crippen molar-refractivity contribution in [3.05, 3.63) is 60.2 Å². The second kappa shape index (κ2) is 8.37. The zero-order chi connectivity index (χ0) is 16.7. The number of hydrogen-bond acceptors (Lipinski definition) is 2. The maximum atomic E-state index is 11.9. The Bertz CT molecular complexity index is 623. The lowest BCUT2D eigenvalue weighted by atomic mass is 9.97. The molecule has 0 bridgehead atoms. The molecule has 2 rings (SSSR count). The van der Waals surface area contributed by atoms with E-state index in [1.807, 2.05) is 55.5 Å². The normalized spacial score (nSPS) is 12.0. The van der Waals surface area contributed by atoms with E-state index >= 15 is 0 Å². The first-order valence-corrected chi connectivity index (χ1v) is 8.16. The highest BCUT2D eigenvalue weighted by Gasteiger charge is 2.15. The fraction of sp³-hybridized carbons (Fsp3) is 0.350. The number of hydrogen-bond donors (Lipinski definition) is 1. The van der Waals surface area contributed by atoms with E-state index in [0.717, 1.165) is 23.5 Å². The number of benzene rings is 2. The van der Waals surface area contributed by atoms with Crippen LogP contribution in [0.2, 0.25) is 0 Å². The van der Waals surface area contributed by atoms with Gasteiger partial charge in [0, 0.05) is 12.5 Å². The predicted molar refractivity (Wildman–Crippen MR) is 93.7 cm³/mol. The average Bonchev–Trinajstić information content (AvgIpc) is 2.55. The molecule has 0 saturated heterocycles. The Morgan fingerprint density at radius 3 is 2.39 bits per heavy atom. The van der Waals surface area contributed by atoms with Gasteiger partial charge in [-0.05, 0) is 42.2 Å². The number of rotatable bonds is 7. The Kier molecular flexibility index (Phi) is 6.21. The number of carbonyl (C=O) groups is 1. The standard InChI is InChI=1S/C20H25NO2/c1-15(2)16(3)20(22)21-13-12-17-8-7-11-19(14-17)23-18-9-5-4-6-10-18/h4-11,14-16H,12-13H2,1-3H3,(H,21,22). The smallest absolute Gasteiger partial charge is 0.223 e. The SMILES string of the molecule is CC(C)C(C)C(=O)NCCc1cccc(Oc2ccccc2)c1. The first kappa shape index (κ1) is 17.1. The Labute approximate surface area is 138 Å². The molecule has 0 aliphatic carbocycles. The highest BCUT2D eigenvalue weighted by Crippen LogP contribution is 2.21. The Morgan fingerprint density at radius 1 is 1.00 bits per heavy atom. The van der Waals surface area contributed by atoms with Crippen molar-refractivity contribution in [3.8, 4) is 11.5 Å². The Morgan fingerprint density at radius 2 is 1.70 bits per heavy atom. The van der Waals surface area contributed by atoms with E-state index in [1.165, 1.54) is 0 Å². The van der Waals surface area contributed by atoms with Crippen molar-refractivity contribution in [2.24, 2.45) is 11.8 Å². The summed E-state index contributed by atoms with van der Waals surface area (Å²) in [6, 6.07) is 17.7. The van der Waals surface area contributed by atoms with Crippen molar-refractivity contribution in [2.45, 2.75) is 27.2 Å². The van der Waals surface area contributed by atoms with Crippen molar-refractivity contribution < 1.29 is 9.53 Å². The fourth-order valence-corrected chi connectivity index (χ4v) is 2.18. The van der Waals surface area contributed by atoms with E-state index < -0.39 is 0 Å². The van der Waals surface area contributed by atoms with E-state index in [2.05, 4.69) is 25.2 Å². The van der Waals surface area contributed by atoms with Gasteiger partial charge in [0.25, 0.3) is 0 Å². The summed E-state index contributed by atoms with van der Waals surface area (Å²) in [5.41, 5.74) is 1.15. The number of ether oxygens (including phenoxy) is 1.